The van der Waals surface area contributed by atoms with Crippen LogP contribution >= 0.6 is 0 Å². The molecule has 0 spiro atoms. The quantitative estimate of drug-likeness (QED) is 0.722. The third-order valence-electron chi connectivity index (χ3n) is 4.14. The summed E-state index contributed by atoms with van der Waals surface area (Å²) in [5.41, 5.74) is 2.92. The van der Waals surface area contributed by atoms with Crippen molar-refractivity contribution >= 4 is 10.9 Å². The van der Waals surface area contributed by atoms with Gasteiger partial charge in [0, 0.05) is 5.39 Å². The van der Waals surface area contributed by atoms with E-state index in [1.807, 2.05) is 6.20 Å². The Hall–Kier alpha value is -1.31. The maximum absolute atomic E-state index is 4.62. The van der Waals surface area contributed by atoms with Crippen LogP contribution in [0, 0.1) is 0 Å². The van der Waals surface area contributed by atoms with E-state index >= 15 is 0 Å². The molecule has 18 heavy (non-hydrogen) atoms. The number of rotatable bonds is 1. The van der Waals surface area contributed by atoms with Gasteiger partial charge in [0.15, 0.2) is 0 Å². The molecule has 2 aromatic rings. The first-order valence-electron chi connectivity index (χ1n) is 7.03. The highest BCUT2D eigenvalue weighted by Crippen LogP contribution is 2.33. The molecular weight excluding hydrogens is 220 g/mol. The van der Waals surface area contributed by atoms with Crippen LogP contribution in [-0.4, -0.2) is 9.78 Å². The van der Waals surface area contributed by atoms with Gasteiger partial charge in [-0.2, -0.15) is 5.10 Å². The first kappa shape index (κ1) is 11.8. The summed E-state index contributed by atoms with van der Waals surface area (Å²) in [6.45, 7) is 6.80. The summed E-state index contributed by atoms with van der Waals surface area (Å²) < 4.78 is 2.26. The van der Waals surface area contributed by atoms with E-state index in [1.165, 1.54) is 42.1 Å². The Balaban J connectivity index is 2.10. The van der Waals surface area contributed by atoms with E-state index in [0.29, 0.717) is 6.04 Å². The zero-order valence-electron chi connectivity index (χ0n) is 11.6. The summed E-state index contributed by atoms with van der Waals surface area (Å²) in [5, 5.41) is 5.89. The van der Waals surface area contributed by atoms with Gasteiger partial charge in [-0.1, -0.05) is 45.7 Å². The monoisotopic (exact) mass is 242 g/mol. The van der Waals surface area contributed by atoms with E-state index in [0.717, 1.165) is 0 Å². The maximum atomic E-state index is 4.62. The van der Waals surface area contributed by atoms with Crippen molar-refractivity contribution in [2.45, 2.75) is 57.9 Å². The van der Waals surface area contributed by atoms with Gasteiger partial charge in [-0.25, -0.2) is 0 Å². The summed E-state index contributed by atoms with van der Waals surface area (Å²) >= 11 is 0. The second-order valence-electron chi connectivity index (χ2n) is 6.55. The third-order valence-corrected chi connectivity index (χ3v) is 4.14. The molecule has 0 amide bonds. The van der Waals surface area contributed by atoms with Gasteiger partial charge in [0.05, 0.1) is 17.8 Å². The molecule has 2 heteroatoms. The molecule has 1 heterocycles. The Morgan fingerprint density at radius 2 is 1.89 bits per heavy atom. The molecule has 1 aromatic carbocycles. The molecule has 1 aromatic heterocycles. The highest BCUT2D eigenvalue weighted by molar-refractivity contribution is 5.79. The van der Waals surface area contributed by atoms with Crippen molar-refractivity contribution in [1.29, 1.82) is 0 Å². The van der Waals surface area contributed by atoms with Gasteiger partial charge >= 0.3 is 0 Å². The van der Waals surface area contributed by atoms with Gasteiger partial charge in [-0.3, -0.25) is 4.68 Å². The van der Waals surface area contributed by atoms with Gasteiger partial charge in [0.1, 0.15) is 0 Å². The van der Waals surface area contributed by atoms with Crippen LogP contribution in [0.25, 0.3) is 10.9 Å². The van der Waals surface area contributed by atoms with E-state index in [2.05, 4.69) is 48.8 Å². The molecule has 1 aliphatic rings. The van der Waals surface area contributed by atoms with Gasteiger partial charge < -0.3 is 0 Å². The molecule has 0 saturated heterocycles. The summed E-state index contributed by atoms with van der Waals surface area (Å²) in [7, 11) is 0. The van der Waals surface area contributed by atoms with Crippen LogP contribution in [-0.2, 0) is 5.41 Å². The fourth-order valence-electron chi connectivity index (χ4n) is 2.94. The van der Waals surface area contributed by atoms with Crippen molar-refractivity contribution < 1.29 is 0 Å². The molecule has 0 bridgehead atoms. The summed E-state index contributed by atoms with van der Waals surface area (Å²) in [4.78, 5) is 0. The highest BCUT2D eigenvalue weighted by Gasteiger charge is 2.21. The van der Waals surface area contributed by atoms with Crippen molar-refractivity contribution in [3.63, 3.8) is 0 Å². The number of fused-ring (bicyclic) bond motifs is 1. The molecule has 0 radical (unpaired) electrons. The molecule has 1 saturated carbocycles. The molecule has 3 rings (SSSR count). The van der Waals surface area contributed by atoms with Gasteiger partial charge in [-0.05, 0) is 29.9 Å². The minimum Gasteiger partial charge on any atom is -0.262 e. The second-order valence-corrected chi connectivity index (χ2v) is 6.55. The molecule has 0 unspecified atom stereocenters. The Labute approximate surface area is 109 Å². The molecule has 0 aliphatic heterocycles. The minimum absolute atomic E-state index is 0.207. The average molecular weight is 242 g/mol. The maximum Gasteiger partial charge on any atom is 0.0688 e. The van der Waals surface area contributed by atoms with Crippen LogP contribution in [0.3, 0.4) is 0 Å². The lowest BCUT2D eigenvalue weighted by molar-refractivity contribution is 0.481. The standard InChI is InChI=1S/C16H22N2/c1-16(2,3)13-9-8-12-11-17-18(15(12)10-13)14-6-4-5-7-14/h8-11,14H,4-7H2,1-3H3. The van der Waals surface area contributed by atoms with Gasteiger partial charge in [-0.15, -0.1) is 0 Å². The van der Waals surface area contributed by atoms with Crippen LogP contribution < -0.4 is 0 Å². The van der Waals surface area contributed by atoms with E-state index in [9.17, 15) is 0 Å². The molecule has 0 N–H and O–H groups in total. The van der Waals surface area contributed by atoms with Crippen molar-refractivity contribution in [1.82, 2.24) is 9.78 Å². The molecule has 0 atom stereocenters. The Bertz CT molecular complexity index is 554. The number of hydrogen-bond acceptors (Lipinski definition) is 1. The van der Waals surface area contributed by atoms with Crippen molar-refractivity contribution in [3.05, 3.63) is 30.0 Å². The second kappa shape index (κ2) is 4.11. The van der Waals surface area contributed by atoms with Gasteiger partial charge in [0.2, 0.25) is 0 Å². The van der Waals surface area contributed by atoms with E-state index in [-0.39, 0.29) is 5.41 Å². The van der Waals surface area contributed by atoms with E-state index in [4.69, 9.17) is 0 Å². The fourth-order valence-corrected chi connectivity index (χ4v) is 2.94. The van der Waals surface area contributed by atoms with Crippen molar-refractivity contribution in [2.75, 3.05) is 0 Å². The fraction of sp³-hybridized carbons (Fsp3) is 0.562. The SMILES string of the molecule is CC(C)(C)c1ccc2cnn(C3CCCC3)c2c1. The first-order valence-corrected chi connectivity index (χ1v) is 7.03. The zero-order valence-corrected chi connectivity index (χ0v) is 11.6. The largest absolute Gasteiger partial charge is 0.262 e. The molecule has 1 fully saturated rings. The Kier molecular flexibility index (Phi) is 2.69. The van der Waals surface area contributed by atoms with Crippen LogP contribution in [0.4, 0.5) is 0 Å². The lowest BCUT2D eigenvalue weighted by Gasteiger charge is -2.20. The number of aromatic nitrogens is 2. The van der Waals surface area contributed by atoms with Crippen LogP contribution in [0.1, 0.15) is 58.1 Å². The Morgan fingerprint density at radius 1 is 1.17 bits per heavy atom. The third kappa shape index (κ3) is 1.94. The smallest absolute Gasteiger partial charge is 0.0688 e. The van der Waals surface area contributed by atoms with Crippen LogP contribution in [0.5, 0.6) is 0 Å². The molecule has 1 aliphatic carbocycles. The topological polar surface area (TPSA) is 17.8 Å². The first-order chi connectivity index (χ1) is 8.55. The number of nitrogens with zero attached hydrogens (tertiary/aromatic N) is 2. The number of benzene rings is 1. The van der Waals surface area contributed by atoms with Crippen LogP contribution in [0.15, 0.2) is 24.4 Å². The normalized spacial score (nSPS) is 17.7. The molecular formula is C16H22N2. The lowest BCUT2D eigenvalue weighted by Crippen LogP contribution is -2.12. The Morgan fingerprint density at radius 3 is 2.56 bits per heavy atom. The highest BCUT2D eigenvalue weighted by atomic mass is 15.3. The van der Waals surface area contributed by atoms with Gasteiger partial charge in [0.25, 0.3) is 0 Å². The van der Waals surface area contributed by atoms with Crippen LogP contribution in [0.2, 0.25) is 0 Å². The summed E-state index contributed by atoms with van der Waals surface area (Å²) in [6.07, 6.45) is 7.29. The minimum atomic E-state index is 0.207. The molecule has 2 nitrogen and oxygen atoms in total. The lowest BCUT2D eigenvalue weighted by atomic mass is 9.87. The predicted molar refractivity (Wildman–Crippen MR) is 75.9 cm³/mol. The van der Waals surface area contributed by atoms with E-state index < -0.39 is 0 Å². The summed E-state index contributed by atoms with van der Waals surface area (Å²) in [6, 6.07) is 7.41. The zero-order chi connectivity index (χ0) is 12.8. The number of hydrogen-bond donors (Lipinski definition) is 0. The predicted octanol–water partition coefficient (Wildman–Crippen LogP) is 4.45. The van der Waals surface area contributed by atoms with Crippen molar-refractivity contribution in [2.24, 2.45) is 0 Å². The van der Waals surface area contributed by atoms with E-state index in [1.54, 1.807) is 0 Å². The molecule has 96 valence electrons. The average Bonchev–Trinajstić information content (AvgIpc) is 2.95. The van der Waals surface area contributed by atoms with Crippen molar-refractivity contribution in [3.8, 4) is 0 Å². The summed E-state index contributed by atoms with van der Waals surface area (Å²) in [5.74, 6) is 0.